The molecular weight excluding hydrogens is 388 g/mol. The van der Waals surface area contributed by atoms with Gasteiger partial charge in [0, 0.05) is 20.3 Å². The molecular formula is C30H34N2. The van der Waals surface area contributed by atoms with Gasteiger partial charge in [-0.15, -0.1) is 0 Å². The van der Waals surface area contributed by atoms with Crippen molar-refractivity contribution in [2.75, 3.05) is 14.1 Å². The van der Waals surface area contributed by atoms with Gasteiger partial charge in [-0.2, -0.15) is 0 Å². The second-order valence-electron chi connectivity index (χ2n) is 9.85. The third-order valence-corrected chi connectivity index (χ3v) is 7.27. The summed E-state index contributed by atoms with van der Waals surface area (Å²) in [7, 11) is 4.23. The number of allylic oxidation sites excluding steroid dienone is 8. The van der Waals surface area contributed by atoms with Gasteiger partial charge < -0.3 is 4.90 Å². The van der Waals surface area contributed by atoms with E-state index in [9.17, 15) is 0 Å². The van der Waals surface area contributed by atoms with Crippen LogP contribution in [-0.4, -0.2) is 23.9 Å². The molecule has 1 fully saturated rings. The summed E-state index contributed by atoms with van der Waals surface area (Å²) in [5.41, 5.74) is 11.6. The lowest BCUT2D eigenvalue weighted by molar-refractivity contribution is 0.375. The van der Waals surface area contributed by atoms with Crippen LogP contribution < -0.4 is 0 Å². The Morgan fingerprint density at radius 3 is 2.69 bits per heavy atom. The lowest BCUT2D eigenvalue weighted by Gasteiger charge is -2.32. The second kappa shape index (κ2) is 8.52. The molecule has 0 aromatic heterocycles. The molecule has 0 radical (unpaired) electrons. The molecule has 1 aromatic carbocycles. The van der Waals surface area contributed by atoms with E-state index >= 15 is 0 Å². The minimum absolute atomic E-state index is 0.494. The maximum absolute atomic E-state index is 3.46. The first kappa shape index (κ1) is 20.9. The smallest absolute Gasteiger partial charge is 0.109 e. The van der Waals surface area contributed by atoms with Gasteiger partial charge in [-0.25, -0.2) is 0 Å². The second-order valence-corrected chi connectivity index (χ2v) is 9.85. The molecule has 4 aliphatic rings. The predicted octanol–water partition coefficient (Wildman–Crippen LogP) is 7.15. The zero-order valence-electron chi connectivity index (χ0n) is 19.8. The Morgan fingerprint density at radius 1 is 1.06 bits per heavy atom. The largest absolute Gasteiger partial charge is 0.364 e. The monoisotopic (exact) mass is 422 g/mol. The molecule has 0 amide bonds. The molecule has 2 unspecified atom stereocenters. The minimum atomic E-state index is 0.494. The minimum Gasteiger partial charge on any atom is -0.364 e. The molecule has 0 saturated heterocycles. The lowest BCUT2D eigenvalue weighted by atomic mass is 9.80. The number of benzene rings is 1. The Morgan fingerprint density at radius 2 is 1.91 bits per heavy atom. The number of nitrogens with zero attached hydrogens (tertiary/aromatic N) is 2. The van der Waals surface area contributed by atoms with Crippen LogP contribution in [0.15, 0.2) is 95.3 Å². The van der Waals surface area contributed by atoms with E-state index in [0.29, 0.717) is 11.8 Å². The van der Waals surface area contributed by atoms with Crippen molar-refractivity contribution in [1.82, 2.24) is 9.80 Å². The third-order valence-electron chi connectivity index (χ3n) is 7.27. The van der Waals surface area contributed by atoms with Gasteiger partial charge in [0.2, 0.25) is 0 Å². The molecule has 164 valence electrons. The van der Waals surface area contributed by atoms with Gasteiger partial charge in [-0.05, 0) is 89.5 Å². The number of hydrogen-bond acceptors (Lipinski definition) is 2. The standard InChI is InChI=1S/C30H34N2/c1-21-9-7-13-28(30(22(21)2)25-11-8-10-24(19-25)23-15-16-23)26-17-18-27-12-5-6-14-29(31(3)4)32(27)20-26/h5,7-8,10-11,13-14,17-23H,6,9,15-16H2,1-4H3. The van der Waals surface area contributed by atoms with Crippen molar-refractivity contribution < 1.29 is 0 Å². The van der Waals surface area contributed by atoms with E-state index in [-0.39, 0.29) is 0 Å². The van der Waals surface area contributed by atoms with Gasteiger partial charge in [-0.3, -0.25) is 4.90 Å². The fraction of sp³-hybridized carbons (Fsp3) is 0.367. The van der Waals surface area contributed by atoms with E-state index in [1.54, 1.807) is 0 Å². The molecule has 1 saturated carbocycles. The Bertz CT molecular complexity index is 1130. The fourth-order valence-electron chi connectivity index (χ4n) is 5.06. The van der Waals surface area contributed by atoms with Crippen molar-refractivity contribution in [3.63, 3.8) is 0 Å². The van der Waals surface area contributed by atoms with E-state index in [0.717, 1.165) is 24.5 Å². The van der Waals surface area contributed by atoms with E-state index in [1.165, 1.54) is 46.5 Å². The molecule has 2 nitrogen and oxygen atoms in total. The maximum atomic E-state index is 3.46. The Kier molecular flexibility index (Phi) is 5.57. The van der Waals surface area contributed by atoms with Gasteiger partial charge in [0.05, 0.1) is 5.70 Å². The Labute approximate surface area is 193 Å². The molecule has 2 aliphatic heterocycles. The first-order valence-corrected chi connectivity index (χ1v) is 12.1. The average Bonchev–Trinajstić information content (AvgIpc) is 3.64. The molecule has 32 heavy (non-hydrogen) atoms. The van der Waals surface area contributed by atoms with E-state index in [4.69, 9.17) is 0 Å². The molecule has 2 heteroatoms. The van der Waals surface area contributed by atoms with Gasteiger partial charge in [0.1, 0.15) is 5.82 Å². The van der Waals surface area contributed by atoms with Crippen LogP contribution in [0.5, 0.6) is 0 Å². The SMILES string of the molecule is CC1CC=CC(C2=CN3C(=C=CCC=C3N(C)C)C=C2)=C(c2cccc(C3CC3)c2)C1C. The van der Waals surface area contributed by atoms with Crippen LogP contribution in [-0.2, 0) is 0 Å². The molecule has 2 atom stereocenters. The van der Waals surface area contributed by atoms with Crippen molar-refractivity contribution in [2.45, 2.75) is 45.4 Å². The number of fused-ring (bicyclic) bond motifs is 1. The van der Waals surface area contributed by atoms with Crippen LogP contribution in [0.25, 0.3) is 5.57 Å². The zero-order valence-corrected chi connectivity index (χ0v) is 19.8. The first-order chi connectivity index (χ1) is 15.5. The summed E-state index contributed by atoms with van der Waals surface area (Å²) in [5.74, 6) is 3.07. The lowest BCUT2D eigenvalue weighted by Crippen LogP contribution is -2.27. The summed E-state index contributed by atoms with van der Waals surface area (Å²) in [6.07, 6.45) is 20.6. The fourth-order valence-corrected chi connectivity index (χ4v) is 5.06. The average molecular weight is 423 g/mol. The summed E-state index contributed by atoms with van der Waals surface area (Å²) in [5, 5.41) is 0. The predicted molar refractivity (Wildman–Crippen MR) is 134 cm³/mol. The molecule has 1 aromatic rings. The van der Waals surface area contributed by atoms with Crippen molar-refractivity contribution in [2.24, 2.45) is 11.8 Å². The molecule has 0 spiro atoms. The molecule has 0 N–H and O–H groups in total. The van der Waals surface area contributed by atoms with Gasteiger partial charge >= 0.3 is 0 Å². The Balaban J connectivity index is 1.66. The summed E-state index contributed by atoms with van der Waals surface area (Å²) in [6, 6.07) is 9.37. The van der Waals surface area contributed by atoms with E-state index in [2.05, 4.69) is 110 Å². The van der Waals surface area contributed by atoms with Gasteiger partial charge in [0.25, 0.3) is 0 Å². The van der Waals surface area contributed by atoms with Crippen LogP contribution >= 0.6 is 0 Å². The van der Waals surface area contributed by atoms with E-state index < -0.39 is 0 Å². The van der Waals surface area contributed by atoms with Crippen LogP contribution in [0, 0.1) is 11.8 Å². The summed E-state index contributed by atoms with van der Waals surface area (Å²) >= 11 is 0. The molecule has 0 bridgehead atoms. The normalized spacial score (nSPS) is 25.0. The van der Waals surface area contributed by atoms with Crippen LogP contribution in [0.4, 0.5) is 0 Å². The number of hydrogen-bond donors (Lipinski definition) is 0. The molecule has 2 heterocycles. The van der Waals surface area contributed by atoms with Crippen molar-refractivity contribution in [3.05, 3.63) is 106 Å². The zero-order chi connectivity index (χ0) is 22.2. The first-order valence-electron chi connectivity index (χ1n) is 12.1. The van der Waals surface area contributed by atoms with Crippen LogP contribution in [0.3, 0.4) is 0 Å². The van der Waals surface area contributed by atoms with Gasteiger partial charge in [0.15, 0.2) is 0 Å². The molecule has 5 rings (SSSR count). The highest BCUT2D eigenvalue weighted by Crippen LogP contribution is 2.44. The van der Waals surface area contributed by atoms with Crippen LogP contribution in [0.1, 0.15) is 56.6 Å². The highest BCUT2D eigenvalue weighted by molar-refractivity contribution is 5.79. The van der Waals surface area contributed by atoms with E-state index in [1.807, 2.05) is 0 Å². The van der Waals surface area contributed by atoms with Crippen molar-refractivity contribution in [3.8, 4) is 0 Å². The molecule has 2 aliphatic carbocycles. The highest BCUT2D eigenvalue weighted by Gasteiger charge is 2.28. The Hall–Kier alpha value is -2.96. The summed E-state index contributed by atoms with van der Waals surface area (Å²) in [6.45, 7) is 4.80. The summed E-state index contributed by atoms with van der Waals surface area (Å²) < 4.78 is 0. The quantitative estimate of drug-likeness (QED) is 0.475. The highest BCUT2D eigenvalue weighted by atomic mass is 15.3. The maximum Gasteiger partial charge on any atom is 0.109 e. The summed E-state index contributed by atoms with van der Waals surface area (Å²) in [4.78, 5) is 4.48. The topological polar surface area (TPSA) is 6.48 Å². The van der Waals surface area contributed by atoms with Gasteiger partial charge in [-0.1, -0.05) is 62.1 Å². The van der Waals surface area contributed by atoms with Crippen molar-refractivity contribution in [1.29, 1.82) is 0 Å². The van der Waals surface area contributed by atoms with Crippen LogP contribution in [0.2, 0.25) is 0 Å². The number of rotatable bonds is 4. The van der Waals surface area contributed by atoms with Crippen molar-refractivity contribution >= 4 is 5.57 Å². The third kappa shape index (κ3) is 3.96.